The quantitative estimate of drug-likeness (QED) is 0.703. The van der Waals surface area contributed by atoms with Crippen LogP contribution in [0, 0.1) is 12.8 Å². The molecule has 2 rings (SSSR count). The van der Waals surface area contributed by atoms with E-state index < -0.39 is 0 Å². The molecule has 2 heteroatoms. The number of hydrogen-bond donors (Lipinski definition) is 0. The van der Waals surface area contributed by atoms with Gasteiger partial charge in [0.05, 0.1) is 13.2 Å². The van der Waals surface area contributed by atoms with Crippen LogP contribution in [-0.4, -0.2) is 13.2 Å². The van der Waals surface area contributed by atoms with Crippen LogP contribution in [0.25, 0.3) is 0 Å². The van der Waals surface area contributed by atoms with Crippen molar-refractivity contribution >= 4 is 0 Å². The van der Waals surface area contributed by atoms with Gasteiger partial charge in [-0.05, 0) is 46.6 Å². The lowest BCUT2D eigenvalue weighted by Crippen LogP contribution is -2.27. The van der Waals surface area contributed by atoms with Crippen LogP contribution in [0.5, 0.6) is 0 Å². The smallest absolute Gasteiger partial charge is 0.183 e. The van der Waals surface area contributed by atoms with Crippen molar-refractivity contribution < 1.29 is 9.47 Å². The van der Waals surface area contributed by atoms with Gasteiger partial charge < -0.3 is 9.47 Å². The molecule has 2 nitrogen and oxygen atoms in total. The molecule has 0 radical (unpaired) electrons. The average molecular weight is 304 g/mol. The molecule has 22 heavy (non-hydrogen) atoms. The normalized spacial score (nSPS) is 23.6. The van der Waals surface area contributed by atoms with E-state index in [4.69, 9.17) is 9.47 Å². The summed E-state index contributed by atoms with van der Waals surface area (Å²) < 4.78 is 11.9. The summed E-state index contributed by atoms with van der Waals surface area (Å²) in [5.41, 5.74) is 5.56. The maximum Gasteiger partial charge on any atom is 0.183 e. The van der Waals surface area contributed by atoms with Gasteiger partial charge in [0.25, 0.3) is 0 Å². The second kappa shape index (κ2) is 5.98. The fourth-order valence-electron chi connectivity index (χ4n) is 3.22. The van der Waals surface area contributed by atoms with Crippen LogP contribution in [0.2, 0.25) is 0 Å². The molecule has 124 valence electrons. The summed E-state index contributed by atoms with van der Waals surface area (Å²) in [5, 5.41) is 0. The summed E-state index contributed by atoms with van der Waals surface area (Å²) >= 11 is 0. The molecule has 0 N–H and O–H groups in total. The molecular weight excluding hydrogens is 272 g/mol. The predicted octanol–water partition coefficient (Wildman–Crippen LogP) is 5.27. The Balaban J connectivity index is 2.51. The molecule has 0 aromatic heterocycles. The van der Waals surface area contributed by atoms with E-state index in [0.29, 0.717) is 5.92 Å². The fraction of sp³-hybridized carbons (Fsp3) is 0.700. The van der Waals surface area contributed by atoms with Crippen molar-refractivity contribution in [2.24, 2.45) is 5.92 Å². The summed E-state index contributed by atoms with van der Waals surface area (Å²) in [6.07, 6.45) is -0.223. The van der Waals surface area contributed by atoms with Crippen molar-refractivity contribution in [3.05, 3.63) is 34.4 Å². The van der Waals surface area contributed by atoms with E-state index in [9.17, 15) is 0 Å². The van der Waals surface area contributed by atoms with Crippen LogP contribution in [0.1, 0.15) is 77.0 Å². The molecule has 0 spiro atoms. The minimum atomic E-state index is -0.223. The van der Waals surface area contributed by atoms with Crippen molar-refractivity contribution in [3.63, 3.8) is 0 Å². The van der Waals surface area contributed by atoms with Gasteiger partial charge in [0.15, 0.2) is 6.29 Å². The maximum absolute atomic E-state index is 5.93. The Morgan fingerprint density at radius 3 is 1.64 bits per heavy atom. The predicted molar refractivity (Wildman–Crippen MR) is 92.4 cm³/mol. The molecule has 1 fully saturated rings. The molecule has 1 aliphatic heterocycles. The molecule has 0 aliphatic carbocycles. The molecule has 0 amide bonds. The summed E-state index contributed by atoms with van der Waals surface area (Å²) in [6, 6.07) is 4.57. The van der Waals surface area contributed by atoms with Gasteiger partial charge in [-0.25, -0.2) is 0 Å². The first-order chi connectivity index (χ1) is 10.00. The van der Waals surface area contributed by atoms with Crippen LogP contribution < -0.4 is 0 Å². The van der Waals surface area contributed by atoms with Gasteiger partial charge in [-0.3, -0.25) is 0 Å². The average Bonchev–Trinajstić information content (AvgIpc) is 2.37. The first-order valence-corrected chi connectivity index (χ1v) is 8.39. The van der Waals surface area contributed by atoms with Crippen LogP contribution in [-0.2, 0) is 20.3 Å². The molecule has 1 aromatic rings. The number of rotatable bonds is 1. The van der Waals surface area contributed by atoms with Crippen molar-refractivity contribution in [1.82, 2.24) is 0 Å². The fourth-order valence-corrected chi connectivity index (χ4v) is 3.22. The zero-order valence-electron chi connectivity index (χ0n) is 15.5. The summed E-state index contributed by atoms with van der Waals surface area (Å²) in [5.74, 6) is 0.478. The maximum atomic E-state index is 5.93. The molecular formula is C20H32O2. The van der Waals surface area contributed by atoms with Gasteiger partial charge >= 0.3 is 0 Å². The second-order valence-corrected chi connectivity index (χ2v) is 8.84. The molecule has 0 atom stereocenters. The molecule has 1 heterocycles. The number of hydrogen-bond acceptors (Lipinski definition) is 2. The van der Waals surface area contributed by atoms with Crippen molar-refractivity contribution in [2.45, 2.75) is 72.5 Å². The third kappa shape index (κ3) is 3.72. The first kappa shape index (κ1) is 17.5. The van der Waals surface area contributed by atoms with E-state index in [1.165, 1.54) is 16.7 Å². The summed E-state index contributed by atoms with van der Waals surface area (Å²) in [7, 11) is 0. The minimum absolute atomic E-state index is 0.113. The van der Waals surface area contributed by atoms with Crippen LogP contribution in [0.4, 0.5) is 0 Å². The Morgan fingerprint density at radius 2 is 1.27 bits per heavy atom. The third-order valence-corrected chi connectivity index (χ3v) is 4.38. The van der Waals surface area contributed by atoms with E-state index in [2.05, 4.69) is 67.5 Å². The van der Waals surface area contributed by atoms with Gasteiger partial charge in [0.1, 0.15) is 0 Å². The van der Waals surface area contributed by atoms with E-state index >= 15 is 0 Å². The van der Waals surface area contributed by atoms with Gasteiger partial charge in [-0.2, -0.15) is 0 Å². The summed E-state index contributed by atoms with van der Waals surface area (Å²) in [6.45, 7) is 19.6. The lowest BCUT2D eigenvalue weighted by Gasteiger charge is -2.33. The SMILES string of the molecule is Cc1c(C(C)(C)C)cc(C2OCC(C)CO2)cc1C(C)(C)C. The van der Waals surface area contributed by atoms with Crippen molar-refractivity contribution in [1.29, 1.82) is 0 Å². The van der Waals surface area contributed by atoms with E-state index in [0.717, 1.165) is 18.8 Å². The zero-order valence-corrected chi connectivity index (χ0v) is 15.5. The van der Waals surface area contributed by atoms with Gasteiger partial charge in [-0.1, -0.05) is 48.5 Å². The van der Waals surface area contributed by atoms with Crippen LogP contribution in [0.3, 0.4) is 0 Å². The Hall–Kier alpha value is -0.860. The molecule has 0 unspecified atom stereocenters. The largest absolute Gasteiger partial charge is 0.348 e. The number of benzene rings is 1. The molecule has 1 aromatic carbocycles. The number of ether oxygens (including phenoxy) is 2. The molecule has 1 saturated heterocycles. The monoisotopic (exact) mass is 304 g/mol. The summed E-state index contributed by atoms with van der Waals surface area (Å²) in [4.78, 5) is 0. The van der Waals surface area contributed by atoms with E-state index in [1.807, 2.05) is 0 Å². The molecule has 0 saturated carbocycles. The molecule has 0 bridgehead atoms. The highest BCUT2D eigenvalue weighted by Gasteiger charge is 2.28. The highest BCUT2D eigenvalue weighted by Crippen LogP contribution is 2.37. The van der Waals surface area contributed by atoms with Gasteiger partial charge in [-0.15, -0.1) is 0 Å². The Labute approximate surface area is 136 Å². The van der Waals surface area contributed by atoms with E-state index in [-0.39, 0.29) is 17.1 Å². The highest BCUT2D eigenvalue weighted by molar-refractivity contribution is 5.45. The van der Waals surface area contributed by atoms with Crippen molar-refractivity contribution in [2.75, 3.05) is 13.2 Å². The molecule has 1 aliphatic rings. The Bertz CT molecular complexity index is 489. The lowest BCUT2D eigenvalue weighted by atomic mass is 9.75. The first-order valence-electron chi connectivity index (χ1n) is 8.39. The van der Waals surface area contributed by atoms with Crippen LogP contribution in [0.15, 0.2) is 12.1 Å². The third-order valence-electron chi connectivity index (χ3n) is 4.38. The minimum Gasteiger partial charge on any atom is -0.348 e. The van der Waals surface area contributed by atoms with Gasteiger partial charge in [0.2, 0.25) is 0 Å². The van der Waals surface area contributed by atoms with Crippen molar-refractivity contribution in [3.8, 4) is 0 Å². The zero-order chi connectivity index (χ0) is 16.7. The van der Waals surface area contributed by atoms with E-state index in [1.54, 1.807) is 0 Å². The second-order valence-electron chi connectivity index (χ2n) is 8.84. The lowest BCUT2D eigenvalue weighted by molar-refractivity contribution is -0.202. The van der Waals surface area contributed by atoms with Gasteiger partial charge in [0, 0.05) is 11.5 Å². The Morgan fingerprint density at radius 1 is 0.864 bits per heavy atom. The Kier molecular flexibility index (Phi) is 4.75. The topological polar surface area (TPSA) is 18.5 Å². The van der Waals surface area contributed by atoms with Crippen LogP contribution >= 0.6 is 0 Å². The standard InChI is InChI=1S/C20H32O2/c1-13-11-21-18(22-12-13)15-9-16(19(3,4)5)14(2)17(10-15)20(6,7)8/h9-10,13,18H,11-12H2,1-8H3. The highest BCUT2D eigenvalue weighted by atomic mass is 16.7.